The average Bonchev–Trinajstić information content (AvgIpc) is 2.85. The van der Waals surface area contributed by atoms with Gasteiger partial charge in [-0.1, -0.05) is 35.9 Å². The van der Waals surface area contributed by atoms with Gasteiger partial charge in [0.05, 0.1) is 12.6 Å². The number of methoxy groups -OCH3 is 1. The van der Waals surface area contributed by atoms with E-state index >= 15 is 0 Å². The number of aliphatic hydroxyl groups is 1. The minimum Gasteiger partial charge on any atom is -0.387 e. The third-order valence-corrected chi connectivity index (χ3v) is 5.70. The van der Waals surface area contributed by atoms with Gasteiger partial charge in [0, 0.05) is 49.8 Å². The van der Waals surface area contributed by atoms with Crippen LogP contribution in [0.3, 0.4) is 0 Å². The van der Waals surface area contributed by atoms with Gasteiger partial charge >= 0.3 is 0 Å². The maximum Gasteiger partial charge on any atom is 0.253 e. The summed E-state index contributed by atoms with van der Waals surface area (Å²) in [5.74, 6) is -0.135. The normalized spacial score (nSPS) is 12.8. The van der Waals surface area contributed by atoms with Crippen molar-refractivity contribution in [3.8, 4) is 0 Å². The zero-order valence-electron chi connectivity index (χ0n) is 19.2. The lowest BCUT2D eigenvalue weighted by molar-refractivity contribution is 0.0524. The van der Waals surface area contributed by atoms with Crippen LogP contribution < -0.4 is 10.9 Å². The third kappa shape index (κ3) is 7.23. The molecule has 0 saturated heterocycles. The Hall–Kier alpha value is -3.04. The molecule has 0 spiro atoms. The number of aliphatic hydroxyl groups excluding tert-OH is 1. The number of rotatable bonds is 11. The van der Waals surface area contributed by atoms with Crippen molar-refractivity contribution in [2.45, 2.75) is 18.6 Å². The fraction of sp³-hybridized carbons (Fsp3) is 0.320. The first-order chi connectivity index (χ1) is 16.4. The number of halogens is 1. The maximum atomic E-state index is 12.8. The summed E-state index contributed by atoms with van der Waals surface area (Å²) < 4.78 is 5.47. The molecular formula is C25H29ClN4O4. The number of aromatic amines is 1. The summed E-state index contributed by atoms with van der Waals surface area (Å²) in [6.45, 7) is 1.38. The summed E-state index contributed by atoms with van der Waals surface area (Å²) in [7, 11) is 3.25. The lowest BCUT2D eigenvalue weighted by atomic mass is 10.1. The largest absolute Gasteiger partial charge is 0.387 e. The van der Waals surface area contributed by atoms with Crippen LogP contribution in [0, 0.1) is 0 Å². The highest BCUT2D eigenvalue weighted by atomic mass is 35.5. The number of ether oxygens (including phenoxy) is 1. The Morgan fingerprint density at radius 3 is 2.62 bits per heavy atom. The Morgan fingerprint density at radius 1 is 1.21 bits per heavy atom. The van der Waals surface area contributed by atoms with Crippen LogP contribution in [0.2, 0.25) is 5.15 Å². The number of pyridine rings is 2. The minimum absolute atomic E-state index is 0.135. The Labute approximate surface area is 203 Å². The molecule has 3 N–H and O–H groups in total. The number of carbonyl (C=O) groups excluding carboxylic acids is 1. The molecule has 180 valence electrons. The molecular weight excluding hydrogens is 456 g/mol. The van der Waals surface area contributed by atoms with Crippen molar-refractivity contribution in [1.29, 1.82) is 0 Å². The van der Waals surface area contributed by atoms with E-state index in [1.54, 1.807) is 61.7 Å². The van der Waals surface area contributed by atoms with Crippen LogP contribution in [-0.4, -0.2) is 59.7 Å². The number of amides is 1. The molecule has 2 aromatic heterocycles. The standard InChI is InChI=1S/C25H29ClN4O4/c1-30(16-22(34-2)20-4-3-5-24(32)29-20)25(33)18-8-6-17(7-9-18)12-13-27-15-21(31)19-10-11-23(26)28-14-19/h3-11,14,21-22,27,31H,12-13,15-16H2,1-2H3,(H,29,32)/t21-,22?/m0/s1. The number of benzene rings is 1. The van der Waals surface area contributed by atoms with Crippen molar-refractivity contribution in [3.63, 3.8) is 0 Å². The Kier molecular flexibility index (Phi) is 9.35. The van der Waals surface area contributed by atoms with Crippen LogP contribution in [-0.2, 0) is 11.2 Å². The maximum absolute atomic E-state index is 12.8. The molecule has 0 aliphatic heterocycles. The van der Waals surface area contributed by atoms with E-state index < -0.39 is 12.2 Å². The van der Waals surface area contributed by atoms with Gasteiger partial charge in [0.2, 0.25) is 5.56 Å². The van der Waals surface area contributed by atoms with Crippen LogP contribution in [0.4, 0.5) is 0 Å². The molecule has 2 heterocycles. The smallest absolute Gasteiger partial charge is 0.253 e. The number of hydrogen-bond acceptors (Lipinski definition) is 6. The first kappa shape index (κ1) is 25.6. The van der Waals surface area contributed by atoms with Gasteiger partial charge in [-0.15, -0.1) is 0 Å². The number of hydrogen-bond donors (Lipinski definition) is 3. The van der Waals surface area contributed by atoms with E-state index in [0.29, 0.717) is 41.6 Å². The van der Waals surface area contributed by atoms with E-state index in [0.717, 1.165) is 12.0 Å². The molecule has 1 aromatic carbocycles. The van der Waals surface area contributed by atoms with Gasteiger partial charge in [0.25, 0.3) is 5.91 Å². The number of nitrogens with zero attached hydrogens (tertiary/aromatic N) is 2. The monoisotopic (exact) mass is 484 g/mol. The summed E-state index contributed by atoms with van der Waals surface area (Å²) in [4.78, 5) is 32.7. The van der Waals surface area contributed by atoms with E-state index in [-0.39, 0.29) is 11.5 Å². The lowest BCUT2D eigenvalue weighted by Gasteiger charge is -2.23. The predicted molar refractivity (Wildman–Crippen MR) is 131 cm³/mol. The van der Waals surface area contributed by atoms with E-state index in [9.17, 15) is 14.7 Å². The van der Waals surface area contributed by atoms with Crippen LogP contribution in [0.5, 0.6) is 0 Å². The third-order valence-electron chi connectivity index (χ3n) is 5.47. The molecule has 8 nitrogen and oxygen atoms in total. The first-order valence-corrected chi connectivity index (χ1v) is 11.3. The van der Waals surface area contributed by atoms with E-state index in [1.807, 2.05) is 12.1 Å². The Morgan fingerprint density at radius 2 is 1.97 bits per heavy atom. The van der Waals surface area contributed by atoms with Gasteiger partial charge in [-0.25, -0.2) is 4.98 Å². The molecule has 3 aromatic rings. The predicted octanol–water partition coefficient (Wildman–Crippen LogP) is 2.75. The molecule has 34 heavy (non-hydrogen) atoms. The van der Waals surface area contributed by atoms with E-state index in [2.05, 4.69) is 15.3 Å². The van der Waals surface area contributed by atoms with Gasteiger partial charge in [-0.3, -0.25) is 9.59 Å². The lowest BCUT2D eigenvalue weighted by Crippen LogP contribution is -2.32. The molecule has 2 atom stereocenters. The highest BCUT2D eigenvalue weighted by Crippen LogP contribution is 2.16. The van der Waals surface area contributed by atoms with Gasteiger partial charge in [0.15, 0.2) is 0 Å². The van der Waals surface area contributed by atoms with Crippen LogP contribution in [0.1, 0.15) is 39.4 Å². The summed E-state index contributed by atoms with van der Waals surface area (Å²) >= 11 is 5.77. The Balaban J connectivity index is 1.47. The van der Waals surface area contributed by atoms with Crippen molar-refractivity contribution >= 4 is 17.5 Å². The molecule has 0 saturated carbocycles. The van der Waals surface area contributed by atoms with E-state index in [4.69, 9.17) is 16.3 Å². The molecule has 9 heteroatoms. The molecule has 0 aliphatic carbocycles. The summed E-state index contributed by atoms with van der Waals surface area (Å²) in [6.07, 6.45) is 1.22. The highest BCUT2D eigenvalue weighted by Gasteiger charge is 2.19. The fourth-order valence-corrected chi connectivity index (χ4v) is 3.60. The number of aromatic nitrogens is 2. The number of nitrogens with one attached hydrogen (secondary N) is 2. The fourth-order valence-electron chi connectivity index (χ4n) is 3.49. The van der Waals surface area contributed by atoms with Crippen molar-refractivity contribution in [2.75, 3.05) is 33.8 Å². The number of likely N-dealkylation sites (N-methyl/N-ethyl adjacent to an activating group) is 1. The first-order valence-electron chi connectivity index (χ1n) is 10.9. The van der Waals surface area contributed by atoms with Crippen LogP contribution in [0.25, 0.3) is 0 Å². The zero-order chi connectivity index (χ0) is 24.5. The average molecular weight is 485 g/mol. The van der Waals surface area contributed by atoms with Crippen molar-refractivity contribution < 1.29 is 14.6 Å². The SMILES string of the molecule is COC(CN(C)C(=O)c1ccc(CCNC[C@H](O)c2ccc(Cl)nc2)cc1)c1cccc(=O)[nH]1. The second-order valence-corrected chi connectivity index (χ2v) is 8.35. The van der Waals surface area contributed by atoms with Gasteiger partial charge in [-0.05, 0) is 42.8 Å². The molecule has 3 rings (SSSR count). The second-order valence-electron chi connectivity index (χ2n) is 7.96. The molecule has 0 bridgehead atoms. The van der Waals surface area contributed by atoms with Gasteiger partial charge in [0.1, 0.15) is 11.3 Å². The Bertz CT molecular complexity index is 1120. The van der Waals surface area contributed by atoms with Gasteiger partial charge < -0.3 is 25.0 Å². The van der Waals surface area contributed by atoms with Crippen LogP contribution in [0.15, 0.2) is 65.6 Å². The van der Waals surface area contributed by atoms with Gasteiger partial charge in [-0.2, -0.15) is 0 Å². The molecule has 1 unspecified atom stereocenters. The molecule has 1 amide bonds. The summed E-state index contributed by atoms with van der Waals surface area (Å²) in [6, 6.07) is 15.7. The van der Waals surface area contributed by atoms with Crippen molar-refractivity contribution in [3.05, 3.63) is 98.7 Å². The van der Waals surface area contributed by atoms with Crippen molar-refractivity contribution in [2.24, 2.45) is 0 Å². The summed E-state index contributed by atoms with van der Waals surface area (Å²) in [5.41, 5.74) is 2.76. The number of H-pyrrole nitrogens is 1. The molecule has 0 fully saturated rings. The molecule has 0 radical (unpaired) electrons. The number of carbonyl (C=O) groups is 1. The van der Waals surface area contributed by atoms with Crippen LogP contribution >= 0.6 is 11.6 Å². The van der Waals surface area contributed by atoms with E-state index in [1.165, 1.54) is 6.07 Å². The molecule has 0 aliphatic rings. The topological polar surface area (TPSA) is 108 Å². The highest BCUT2D eigenvalue weighted by molar-refractivity contribution is 6.29. The summed E-state index contributed by atoms with van der Waals surface area (Å²) in [5, 5.41) is 13.8. The zero-order valence-corrected chi connectivity index (χ0v) is 20.0. The van der Waals surface area contributed by atoms with Crippen molar-refractivity contribution in [1.82, 2.24) is 20.2 Å². The second kappa shape index (κ2) is 12.4. The minimum atomic E-state index is -0.662. The quantitative estimate of drug-likeness (QED) is 0.285.